The first-order chi connectivity index (χ1) is 22.1. The number of esters is 1. The smallest absolute Gasteiger partial charge is 0.319 e. The predicted molar refractivity (Wildman–Crippen MR) is 170 cm³/mol. The van der Waals surface area contributed by atoms with Crippen LogP contribution in [0.4, 0.5) is 30.6 Å². The number of methoxy groups -OCH3 is 1. The molecule has 0 radical (unpaired) electrons. The van der Waals surface area contributed by atoms with Crippen LogP contribution in [0.1, 0.15) is 37.7 Å². The van der Waals surface area contributed by atoms with Gasteiger partial charge >= 0.3 is 12.0 Å². The number of halogens is 2. The molecule has 1 aliphatic rings. The van der Waals surface area contributed by atoms with Crippen LogP contribution in [0.2, 0.25) is 0 Å². The summed E-state index contributed by atoms with van der Waals surface area (Å²) in [4.78, 5) is 53.5. The summed E-state index contributed by atoms with van der Waals surface area (Å²) in [5.41, 5.74) is 1.57. The van der Waals surface area contributed by atoms with E-state index in [9.17, 15) is 28.0 Å². The number of nitrogens with zero attached hydrogens (tertiary/aromatic N) is 2. The van der Waals surface area contributed by atoms with Crippen LogP contribution in [0.5, 0.6) is 5.75 Å². The van der Waals surface area contributed by atoms with Gasteiger partial charge in [0.25, 0.3) is 5.91 Å². The van der Waals surface area contributed by atoms with Gasteiger partial charge in [-0.1, -0.05) is 43.5 Å². The fourth-order valence-corrected chi connectivity index (χ4v) is 5.30. The van der Waals surface area contributed by atoms with Crippen LogP contribution in [0.25, 0.3) is 0 Å². The molecule has 0 aliphatic heterocycles. The van der Waals surface area contributed by atoms with Crippen LogP contribution in [0, 0.1) is 17.6 Å². The highest BCUT2D eigenvalue weighted by molar-refractivity contribution is 5.99. The zero-order chi connectivity index (χ0) is 33.1. The fourth-order valence-electron chi connectivity index (χ4n) is 5.30. The molecule has 3 aromatic rings. The fraction of sp³-hybridized carbons (Fsp3) is 0.353. The average molecular weight is 637 g/mol. The van der Waals surface area contributed by atoms with Crippen molar-refractivity contribution in [1.82, 2.24) is 5.32 Å². The molecule has 10 nitrogen and oxygen atoms in total. The first-order valence-corrected chi connectivity index (χ1v) is 15.1. The maximum absolute atomic E-state index is 13.7. The number of anilines is 3. The summed E-state index contributed by atoms with van der Waals surface area (Å²) >= 11 is 0. The van der Waals surface area contributed by atoms with Crippen LogP contribution in [-0.4, -0.2) is 57.7 Å². The van der Waals surface area contributed by atoms with Crippen LogP contribution < -0.4 is 25.2 Å². The zero-order valence-electron chi connectivity index (χ0n) is 25.9. The zero-order valence-corrected chi connectivity index (χ0v) is 25.9. The third-order valence-electron chi connectivity index (χ3n) is 7.74. The number of urea groups is 1. The Kier molecular flexibility index (Phi) is 12.0. The van der Waals surface area contributed by atoms with Crippen molar-refractivity contribution in [1.29, 1.82) is 0 Å². The van der Waals surface area contributed by atoms with E-state index in [0.717, 1.165) is 55.2 Å². The Bertz CT molecular complexity index is 1530. The van der Waals surface area contributed by atoms with E-state index in [0.29, 0.717) is 23.5 Å². The van der Waals surface area contributed by atoms with E-state index in [2.05, 4.69) is 10.6 Å². The molecule has 0 heterocycles. The van der Waals surface area contributed by atoms with Crippen molar-refractivity contribution in [3.05, 3.63) is 83.9 Å². The topological polar surface area (TPSA) is 117 Å². The molecular weight excluding hydrogens is 598 g/mol. The molecule has 4 rings (SSSR count). The highest BCUT2D eigenvalue weighted by Crippen LogP contribution is 2.32. The van der Waals surface area contributed by atoms with Crippen molar-refractivity contribution >= 4 is 40.9 Å². The van der Waals surface area contributed by atoms with Gasteiger partial charge in [0.15, 0.2) is 6.61 Å². The molecule has 1 saturated carbocycles. The number of carbonyl (C=O) groups excluding carboxylic acids is 4. The van der Waals surface area contributed by atoms with Gasteiger partial charge in [-0.25, -0.2) is 13.6 Å². The number of benzene rings is 3. The van der Waals surface area contributed by atoms with Crippen LogP contribution in [0.3, 0.4) is 0 Å². The Morgan fingerprint density at radius 3 is 2.33 bits per heavy atom. The summed E-state index contributed by atoms with van der Waals surface area (Å²) in [7, 11) is 2.69. The van der Waals surface area contributed by atoms with Crippen molar-refractivity contribution < 1.29 is 37.4 Å². The second kappa shape index (κ2) is 16.4. The number of likely N-dealkylation sites (N-methyl/N-ethyl adjacent to an activating group) is 1. The molecule has 0 atom stereocenters. The van der Waals surface area contributed by atoms with E-state index in [-0.39, 0.29) is 36.2 Å². The first-order valence-electron chi connectivity index (χ1n) is 15.1. The minimum Gasteiger partial charge on any atom is -0.482 e. The molecule has 0 unspecified atom stereocenters. The number of hydrogen-bond donors (Lipinski definition) is 2. The maximum Gasteiger partial charge on any atom is 0.319 e. The molecule has 12 heteroatoms. The summed E-state index contributed by atoms with van der Waals surface area (Å²) in [6.07, 6.45) is 5.21. The summed E-state index contributed by atoms with van der Waals surface area (Å²) in [6, 6.07) is 15.7. The SMILES string of the molecule is COC(=O)Cc1cccc(NC(=O)NCC(=O)N(CC2CCCCC2)c2ccccc2OCC(=O)N(C)c2cc(F)cc(F)c2)c1. The van der Waals surface area contributed by atoms with Gasteiger partial charge in [0.2, 0.25) is 5.91 Å². The minimum absolute atomic E-state index is 0.0352. The molecule has 244 valence electrons. The van der Waals surface area contributed by atoms with Gasteiger partial charge in [-0.05, 0) is 60.7 Å². The van der Waals surface area contributed by atoms with E-state index >= 15 is 0 Å². The molecule has 3 aromatic carbocycles. The molecule has 46 heavy (non-hydrogen) atoms. The third kappa shape index (κ3) is 9.75. The number of rotatable bonds is 12. The molecule has 0 bridgehead atoms. The predicted octanol–water partition coefficient (Wildman–Crippen LogP) is 5.46. The summed E-state index contributed by atoms with van der Waals surface area (Å²) in [5.74, 6) is -2.46. The Morgan fingerprint density at radius 1 is 0.891 bits per heavy atom. The van der Waals surface area contributed by atoms with Crippen LogP contribution in [0.15, 0.2) is 66.7 Å². The van der Waals surface area contributed by atoms with Gasteiger partial charge < -0.3 is 29.9 Å². The summed E-state index contributed by atoms with van der Waals surface area (Å²) < 4.78 is 38.0. The number of carbonyl (C=O) groups is 4. The molecule has 1 fully saturated rings. The van der Waals surface area contributed by atoms with Crippen molar-refractivity contribution in [3.63, 3.8) is 0 Å². The number of hydrogen-bond acceptors (Lipinski definition) is 6. The van der Waals surface area contributed by atoms with Gasteiger partial charge in [0.1, 0.15) is 17.4 Å². The average Bonchev–Trinajstić information content (AvgIpc) is 3.05. The molecule has 0 aromatic heterocycles. The largest absolute Gasteiger partial charge is 0.482 e. The summed E-state index contributed by atoms with van der Waals surface area (Å²) in [5, 5.41) is 5.28. The van der Waals surface area contributed by atoms with Crippen molar-refractivity contribution in [2.24, 2.45) is 5.92 Å². The number of amides is 4. The van der Waals surface area contributed by atoms with Gasteiger partial charge in [-0.3, -0.25) is 14.4 Å². The highest BCUT2D eigenvalue weighted by atomic mass is 19.1. The second-order valence-corrected chi connectivity index (χ2v) is 11.1. The number of nitrogens with one attached hydrogen (secondary N) is 2. The Balaban J connectivity index is 1.45. The minimum atomic E-state index is -0.813. The lowest BCUT2D eigenvalue weighted by molar-refractivity contribution is -0.139. The Labute approximate surface area is 266 Å². The molecule has 1 aliphatic carbocycles. The van der Waals surface area contributed by atoms with Crippen LogP contribution >= 0.6 is 0 Å². The van der Waals surface area contributed by atoms with E-state index in [1.54, 1.807) is 53.4 Å². The number of ether oxygens (including phenoxy) is 2. The quantitative estimate of drug-likeness (QED) is 0.255. The molecule has 0 saturated heterocycles. The molecule has 0 spiro atoms. The van der Waals surface area contributed by atoms with E-state index in [4.69, 9.17) is 9.47 Å². The molecule has 4 amide bonds. The van der Waals surface area contributed by atoms with E-state index in [1.807, 2.05) is 0 Å². The van der Waals surface area contributed by atoms with E-state index < -0.39 is 36.1 Å². The summed E-state index contributed by atoms with van der Waals surface area (Å²) in [6.45, 7) is -0.372. The lowest BCUT2D eigenvalue weighted by Gasteiger charge is -2.31. The van der Waals surface area contributed by atoms with Crippen LogP contribution in [-0.2, 0) is 25.5 Å². The van der Waals surface area contributed by atoms with Gasteiger partial charge in [0.05, 0.1) is 25.8 Å². The highest BCUT2D eigenvalue weighted by Gasteiger charge is 2.25. The van der Waals surface area contributed by atoms with Crippen molar-refractivity contribution in [2.75, 3.05) is 49.0 Å². The van der Waals surface area contributed by atoms with Gasteiger partial charge in [-0.15, -0.1) is 0 Å². The lowest BCUT2D eigenvalue weighted by atomic mass is 9.89. The normalized spacial score (nSPS) is 13.0. The standard InChI is InChI=1S/C34H38F2N4O6/c1-39(28-18-25(35)17-26(36)19-28)32(42)22-46-30-14-7-6-13-29(30)40(21-23-9-4-3-5-10-23)31(41)20-37-34(44)38-27-12-8-11-24(15-27)16-33(43)45-2/h6-8,11-15,17-19,23H,3-5,9-10,16,20-22H2,1-2H3,(H2,37,38,44). The Hall–Kier alpha value is -5.00. The van der Waals surface area contributed by atoms with Crippen molar-refractivity contribution in [3.8, 4) is 5.75 Å². The first kappa shape index (κ1) is 33.9. The maximum atomic E-state index is 13.7. The van der Waals surface area contributed by atoms with Crippen molar-refractivity contribution in [2.45, 2.75) is 38.5 Å². The third-order valence-corrected chi connectivity index (χ3v) is 7.74. The molecular formula is C34H38F2N4O6. The lowest BCUT2D eigenvalue weighted by Crippen LogP contribution is -2.44. The van der Waals surface area contributed by atoms with E-state index in [1.165, 1.54) is 14.2 Å². The van der Waals surface area contributed by atoms with Gasteiger partial charge in [0, 0.05) is 31.0 Å². The number of para-hydroxylation sites is 2. The molecule has 2 N–H and O–H groups in total. The second-order valence-electron chi connectivity index (χ2n) is 11.1. The van der Waals surface area contributed by atoms with Gasteiger partial charge in [-0.2, -0.15) is 0 Å². The monoisotopic (exact) mass is 636 g/mol. The Morgan fingerprint density at radius 2 is 1.61 bits per heavy atom.